The maximum absolute atomic E-state index is 12.0. The van der Waals surface area contributed by atoms with Gasteiger partial charge < -0.3 is 15.0 Å². The lowest BCUT2D eigenvalue weighted by Crippen LogP contribution is -2.26. The predicted molar refractivity (Wildman–Crippen MR) is 68.3 cm³/mol. The fraction of sp³-hybridized carbons (Fsp3) is 0.231. The zero-order chi connectivity index (χ0) is 13.3. The van der Waals surface area contributed by atoms with E-state index in [1.807, 2.05) is 12.1 Å². The van der Waals surface area contributed by atoms with Crippen LogP contribution >= 0.6 is 0 Å². The molecule has 0 amide bonds. The highest BCUT2D eigenvalue weighted by atomic mass is 16.5. The quantitative estimate of drug-likeness (QED) is 0.855. The van der Waals surface area contributed by atoms with Gasteiger partial charge in [0.15, 0.2) is 0 Å². The van der Waals surface area contributed by atoms with Gasteiger partial charge in [0.05, 0.1) is 18.7 Å². The van der Waals surface area contributed by atoms with E-state index in [-0.39, 0.29) is 5.56 Å². The molecule has 2 rings (SSSR count). The highest BCUT2D eigenvalue weighted by Crippen LogP contribution is 2.21. The van der Waals surface area contributed by atoms with E-state index in [1.165, 1.54) is 4.57 Å². The molecule has 0 spiro atoms. The normalized spacial score (nSPS) is 12.1. The number of hydrogen-bond acceptors (Lipinski definition) is 4. The third kappa shape index (κ3) is 1.83. The van der Waals surface area contributed by atoms with Gasteiger partial charge in [-0.3, -0.25) is 4.79 Å². The number of methoxy groups -OCH3 is 1. The number of nitriles is 1. The van der Waals surface area contributed by atoms with Crippen molar-refractivity contribution in [2.75, 3.05) is 7.11 Å². The van der Waals surface area contributed by atoms with Crippen LogP contribution in [0.15, 0.2) is 29.1 Å². The van der Waals surface area contributed by atoms with Gasteiger partial charge in [-0.25, -0.2) is 0 Å². The number of hydrogen-bond donors (Lipinski definition) is 1. The topological polar surface area (TPSA) is 81.0 Å². The maximum Gasteiger partial charge on any atom is 0.256 e. The lowest BCUT2D eigenvalue weighted by atomic mass is 10.1. The lowest BCUT2D eigenvalue weighted by Gasteiger charge is -2.10. The molecule has 1 atom stereocenters. The van der Waals surface area contributed by atoms with Crippen LogP contribution in [-0.4, -0.2) is 11.7 Å². The molecule has 0 saturated carbocycles. The van der Waals surface area contributed by atoms with E-state index in [2.05, 4.69) is 0 Å². The Balaban J connectivity index is 2.81. The van der Waals surface area contributed by atoms with Crippen LogP contribution in [0.3, 0.4) is 0 Å². The summed E-state index contributed by atoms with van der Waals surface area (Å²) in [5.74, 6) is 0.692. The fourth-order valence-electron chi connectivity index (χ4n) is 1.91. The van der Waals surface area contributed by atoms with Crippen LogP contribution in [0.25, 0.3) is 10.9 Å². The first-order chi connectivity index (χ1) is 8.58. The van der Waals surface area contributed by atoms with Gasteiger partial charge in [-0.15, -0.1) is 0 Å². The molecule has 2 N–H and O–H groups in total. The molecular formula is C13H13N3O2. The molecule has 5 heteroatoms. The lowest BCUT2D eigenvalue weighted by molar-refractivity contribution is 0.415. The number of pyridine rings is 1. The van der Waals surface area contributed by atoms with Crippen LogP contribution in [0.2, 0.25) is 0 Å². The summed E-state index contributed by atoms with van der Waals surface area (Å²) in [5.41, 5.74) is 6.44. The van der Waals surface area contributed by atoms with E-state index in [1.54, 1.807) is 32.4 Å². The molecule has 92 valence electrons. The fourth-order valence-corrected chi connectivity index (χ4v) is 1.91. The molecule has 1 aromatic heterocycles. The molecule has 0 aliphatic carbocycles. The van der Waals surface area contributed by atoms with E-state index in [9.17, 15) is 4.79 Å². The third-order valence-corrected chi connectivity index (χ3v) is 2.93. The summed E-state index contributed by atoms with van der Waals surface area (Å²) in [5, 5.41) is 9.65. The average Bonchev–Trinajstić information content (AvgIpc) is 2.41. The van der Waals surface area contributed by atoms with Crippen molar-refractivity contribution in [3.05, 3.63) is 40.2 Å². The van der Waals surface area contributed by atoms with Crippen molar-refractivity contribution in [1.29, 1.82) is 5.26 Å². The molecule has 0 fully saturated rings. The minimum absolute atomic E-state index is 0.248. The smallest absolute Gasteiger partial charge is 0.256 e. The summed E-state index contributed by atoms with van der Waals surface area (Å²) in [7, 11) is 3.23. The molecule has 0 aliphatic heterocycles. The molecule has 0 radical (unpaired) electrons. The molecule has 1 heterocycles. The van der Waals surface area contributed by atoms with E-state index in [0.29, 0.717) is 11.3 Å². The van der Waals surface area contributed by atoms with E-state index < -0.39 is 6.04 Å². The zero-order valence-corrected chi connectivity index (χ0v) is 10.2. The maximum atomic E-state index is 12.0. The number of aromatic nitrogens is 1. The number of nitrogens with two attached hydrogens (primary N) is 1. The van der Waals surface area contributed by atoms with Gasteiger partial charge >= 0.3 is 0 Å². The van der Waals surface area contributed by atoms with Crippen LogP contribution < -0.4 is 16.0 Å². The van der Waals surface area contributed by atoms with Crippen LogP contribution in [0.5, 0.6) is 5.75 Å². The van der Waals surface area contributed by atoms with Gasteiger partial charge in [-0.1, -0.05) is 0 Å². The Morgan fingerprint density at radius 1 is 1.44 bits per heavy atom. The summed E-state index contributed by atoms with van der Waals surface area (Å²) in [6.07, 6.45) is 0. The van der Waals surface area contributed by atoms with E-state index >= 15 is 0 Å². The summed E-state index contributed by atoms with van der Waals surface area (Å²) >= 11 is 0. The average molecular weight is 243 g/mol. The molecule has 0 saturated heterocycles. The summed E-state index contributed by atoms with van der Waals surface area (Å²) in [4.78, 5) is 12.0. The molecule has 0 unspecified atom stereocenters. The summed E-state index contributed by atoms with van der Waals surface area (Å²) in [6, 6.07) is 8.00. The SMILES string of the molecule is COc1ccc2c(c1)cc([C@@H](N)C#N)c(=O)n2C. The predicted octanol–water partition coefficient (Wildman–Crippen LogP) is 1.07. The summed E-state index contributed by atoms with van der Waals surface area (Å²) in [6.45, 7) is 0. The molecular weight excluding hydrogens is 230 g/mol. The first-order valence-electron chi connectivity index (χ1n) is 5.41. The van der Waals surface area contributed by atoms with Crippen LogP contribution in [0.1, 0.15) is 11.6 Å². The van der Waals surface area contributed by atoms with Crippen molar-refractivity contribution in [1.82, 2.24) is 4.57 Å². The van der Waals surface area contributed by atoms with E-state index in [4.69, 9.17) is 15.7 Å². The molecule has 0 aliphatic rings. The first kappa shape index (κ1) is 12.1. The Bertz CT molecular complexity index is 698. The van der Waals surface area contributed by atoms with Crippen molar-refractivity contribution < 1.29 is 4.74 Å². The number of aryl methyl sites for hydroxylation is 1. The van der Waals surface area contributed by atoms with Gasteiger partial charge in [0.2, 0.25) is 0 Å². The summed E-state index contributed by atoms with van der Waals surface area (Å²) < 4.78 is 6.62. The number of rotatable bonds is 2. The number of ether oxygens (including phenoxy) is 1. The van der Waals surface area contributed by atoms with Crippen molar-refractivity contribution >= 4 is 10.9 Å². The molecule has 5 nitrogen and oxygen atoms in total. The van der Waals surface area contributed by atoms with Gasteiger partial charge in [-0.05, 0) is 24.3 Å². The third-order valence-electron chi connectivity index (χ3n) is 2.93. The minimum Gasteiger partial charge on any atom is -0.497 e. The van der Waals surface area contributed by atoms with E-state index in [0.717, 1.165) is 10.9 Å². The van der Waals surface area contributed by atoms with Crippen molar-refractivity contribution in [3.63, 3.8) is 0 Å². The highest BCUT2D eigenvalue weighted by molar-refractivity contribution is 5.81. The van der Waals surface area contributed by atoms with Gasteiger partial charge in [0.1, 0.15) is 11.8 Å². The highest BCUT2D eigenvalue weighted by Gasteiger charge is 2.13. The Labute approximate surface area is 104 Å². The van der Waals surface area contributed by atoms with Crippen molar-refractivity contribution in [2.45, 2.75) is 6.04 Å². The second kappa shape index (κ2) is 4.51. The monoisotopic (exact) mass is 243 g/mol. The number of nitrogens with zero attached hydrogens (tertiary/aromatic N) is 2. The standard InChI is InChI=1S/C13H13N3O2/c1-16-12-4-3-9(18-2)5-8(12)6-10(13(16)17)11(15)7-14/h3-6,11H,15H2,1-2H3/t11-/m0/s1. The van der Waals surface area contributed by atoms with Gasteiger partial charge in [-0.2, -0.15) is 5.26 Å². The van der Waals surface area contributed by atoms with Crippen LogP contribution in [0.4, 0.5) is 0 Å². The second-order valence-electron chi connectivity index (χ2n) is 4.00. The molecule has 0 bridgehead atoms. The molecule has 1 aromatic carbocycles. The van der Waals surface area contributed by atoms with Gasteiger partial charge in [0, 0.05) is 18.0 Å². The molecule has 2 aromatic rings. The first-order valence-corrected chi connectivity index (χ1v) is 5.41. The van der Waals surface area contributed by atoms with Crippen LogP contribution in [0, 0.1) is 11.3 Å². The number of fused-ring (bicyclic) bond motifs is 1. The van der Waals surface area contributed by atoms with Gasteiger partial charge in [0.25, 0.3) is 5.56 Å². The number of benzene rings is 1. The van der Waals surface area contributed by atoms with Crippen molar-refractivity contribution in [2.24, 2.45) is 12.8 Å². The Morgan fingerprint density at radius 2 is 2.17 bits per heavy atom. The minimum atomic E-state index is -0.917. The Hall–Kier alpha value is -2.32. The van der Waals surface area contributed by atoms with Crippen molar-refractivity contribution in [3.8, 4) is 11.8 Å². The Kier molecular flexibility index (Phi) is 3.04. The second-order valence-corrected chi connectivity index (χ2v) is 4.00. The zero-order valence-electron chi connectivity index (χ0n) is 10.2. The molecule has 18 heavy (non-hydrogen) atoms. The van der Waals surface area contributed by atoms with Crippen LogP contribution in [-0.2, 0) is 7.05 Å². The Morgan fingerprint density at radius 3 is 2.78 bits per heavy atom. The largest absolute Gasteiger partial charge is 0.497 e.